The SMILES string of the molecule is CC1(C)C(N)C(C)(C)C1N1CCC(F)(F)C1. The van der Waals surface area contributed by atoms with Crippen LogP contribution in [0.2, 0.25) is 0 Å². The van der Waals surface area contributed by atoms with Crippen LogP contribution in [-0.4, -0.2) is 36.0 Å². The van der Waals surface area contributed by atoms with Crippen LogP contribution in [0.3, 0.4) is 0 Å². The van der Waals surface area contributed by atoms with Gasteiger partial charge < -0.3 is 5.73 Å². The van der Waals surface area contributed by atoms with Gasteiger partial charge in [-0.1, -0.05) is 27.7 Å². The van der Waals surface area contributed by atoms with Crippen LogP contribution < -0.4 is 5.73 Å². The lowest BCUT2D eigenvalue weighted by Gasteiger charge is -2.65. The van der Waals surface area contributed by atoms with Gasteiger partial charge in [0.05, 0.1) is 6.54 Å². The van der Waals surface area contributed by atoms with Gasteiger partial charge in [0.2, 0.25) is 0 Å². The van der Waals surface area contributed by atoms with E-state index >= 15 is 0 Å². The van der Waals surface area contributed by atoms with Gasteiger partial charge in [-0.2, -0.15) is 0 Å². The molecule has 2 aliphatic rings. The third-order valence-corrected chi connectivity index (χ3v) is 4.58. The summed E-state index contributed by atoms with van der Waals surface area (Å²) in [4.78, 5) is 1.93. The fraction of sp³-hybridized carbons (Fsp3) is 1.00. The van der Waals surface area contributed by atoms with E-state index in [1.807, 2.05) is 4.90 Å². The van der Waals surface area contributed by atoms with Crippen LogP contribution in [0.25, 0.3) is 0 Å². The Morgan fingerprint density at radius 3 is 2.00 bits per heavy atom. The molecule has 94 valence electrons. The molecule has 1 saturated carbocycles. The Hall–Kier alpha value is -0.220. The number of nitrogens with zero attached hydrogens (tertiary/aromatic N) is 1. The Labute approximate surface area is 96.2 Å². The average molecular weight is 232 g/mol. The van der Waals surface area contributed by atoms with Crippen molar-refractivity contribution in [3.05, 3.63) is 0 Å². The first-order chi connectivity index (χ1) is 7.09. The number of halogens is 2. The van der Waals surface area contributed by atoms with Gasteiger partial charge in [0.25, 0.3) is 5.92 Å². The molecule has 0 aromatic carbocycles. The molecular weight excluding hydrogens is 210 g/mol. The Morgan fingerprint density at radius 2 is 1.62 bits per heavy atom. The lowest BCUT2D eigenvalue weighted by Crippen LogP contribution is -2.75. The zero-order valence-corrected chi connectivity index (χ0v) is 10.6. The maximum Gasteiger partial charge on any atom is 0.261 e. The smallest absolute Gasteiger partial charge is 0.261 e. The van der Waals surface area contributed by atoms with Crippen LogP contribution in [0, 0.1) is 10.8 Å². The van der Waals surface area contributed by atoms with Crippen LogP contribution >= 0.6 is 0 Å². The summed E-state index contributed by atoms with van der Waals surface area (Å²) < 4.78 is 26.5. The number of rotatable bonds is 1. The van der Waals surface area contributed by atoms with E-state index < -0.39 is 5.92 Å². The van der Waals surface area contributed by atoms with Gasteiger partial charge in [0.15, 0.2) is 0 Å². The summed E-state index contributed by atoms with van der Waals surface area (Å²) in [5, 5.41) is 0. The fourth-order valence-corrected chi connectivity index (χ4v) is 4.09. The molecule has 1 aliphatic carbocycles. The lowest BCUT2D eigenvalue weighted by molar-refractivity contribution is -0.136. The van der Waals surface area contributed by atoms with E-state index in [-0.39, 0.29) is 35.9 Å². The van der Waals surface area contributed by atoms with Crippen molar-refractivity contribution < 1.29 is 8.78 Å². The predicted octanol–water partition coefficient (Wildman–Crippen LogP) is 2.09. The number of hydrogen-bond acceptors (Lipinski definition) is 2. The maximum atomic E-state index is 13.2. The Kier molecular flexibility index (Phi) is 2.42. The van der Waals surface area contributed by atoms with Gasteiger partial charge in [0.1, 0.15) is 0 Å². The topological polar surface area (TPSA) is 29.3 Å². The molecule has 1 heterocycles. The summed E-state index contributed by atoms with van der Waals surface area (Å²) in [5.74, 6) is -2.51. The summed E-state index contributed by atoms with van der Waals surface area (Å²) in [6, 6.07) is 0.252. The molecule has 0 aromatic rings. The maximum absolute atomic E-state index is 13.2. The first kappa shape index (κ1) is 12.2. The zero-order chi connectivity index (χ0) is 12.4. The molecule has 1 saturated heterocycles. The molecule has 2 N–H and O–H groups in total. The van der Waals surface area contributed by atoms with Gasteiger partial charge in [-0.3, -0.25) is 4.90 Å². The molecule has 0 radical (unpaired) electrons. The summed E-state index contributed by atoms with van der Waals surface area (Å²) >= 11 is 0. The van der Waals surface area contributed by atoms with E-state index in [1.54, 1.807) is 0 Å². The van der Waals surface area contributed by atoms with Gasteiger partial charge in [-0.25, -0.2) is 8.78 Å². The molecule has 2 nitrogen and oxygen atoms in total. The Morgan fingerprint density at radius 1 is 1.12 bits per heavy atom. The van der Waals surface area contributed by atoms with Crippen LogP contribution in [0.1, 0.15) is 34.1 Å². The third-order valence-electron chi connectivity index (χ3n) is 4.58. The van der Waals surface area contributed by atoms with Crippen molar-refractivity contribution in [1.82, 2.24) is 4.90 Å². The molecule has 4 heteroatoms. The van der Waals surface area contributed by atoms with Crippen LogP contribution in [0.5, 0.6) is 0 Å². The second-order valence-electron chi connectivity index (χ2n) is 6.60. The van der Waals surface area contributed by atoms with E-state index in [1.165, 1.54) is 0 Å². The van der Waals surface area contributed by atoms with Crippen LogP contribution in [-0.2, 0) is 0 Å². The first-order valence-electron chi connectivity index (χ1n) is 5.96. The molecule has 0 unspecified atom stereocenters. The highest BCUT2D eigenvalue weighted by Gasteiger charge is 2.63. The highest BCUT2D eigenvalue weighted by molar-refractivity contribution is 5.17. The van der Waals surface area contributed by atoms with Crippen LogP contribution in [0.4, 0.5) is 8.78 Å². The standard InChI is InChI=1S/C12H22F2N2/c1-10(2)8(15)11(3,4)9(10)16-6-5-12(13,14)7-16/h8-9H,5-7,15H2,1-4H3. The molecule has 2 rings (SSSR count). The van der Waals surface area contributed by atoms with E-state index in [4.69, 9.17) is 5.73 Å². The molecule has 0 spiro atoms. The summed E-state index contributed by atoms with van der Waals surface area (Å²) in [6.45, 7) is 8.75. The Balaban J connectivity index is 2.16. The van der Waals surface area contributed by atoms with Gasteiger partial charge in [-0.15, -0.1) is 0 Å². The molecule has 16 heavy (non-hydrogen) atoms. The summed E-state index contributed by atoms with van der Waals surface area (Å²) in [6.07, 6.45) is -0.00903. The van der Waals surface area contributed by atoms with E-state index in [9.17, 15) is 8.78 Å². The van der Waals surface area contributed by atoms with Crippen molar-refractivity contribution >= 4 is 0 Å². The molecule has 0 amide bonds. The molecule has 0 atom stereocenters. The minimum atomic E-state index is -2.51. The zero-order valence-electron chi connectivity index (χ0n) is 10.6. The van der Waals surface area contributed by atoms with Crippen molar-refractivity contribution in [1.29, 1.82) is 0 Å². The van der Waals surface area contributed by atoms with Gasteiger partial charge in [0, 0.05) is 25.0 Å². The molecule has 0 bridgehead atoms. The Bertz CT molecular complexity index is 283. The van der Waals surface area contributed by atoms with Crippen molar-refractivity contribution in [3.63, 3.8) is 0 Å². The van der Waals surface area contributed by atoms with E-state index in [2.05, 4.69) is 27.7 Å². The fourth-order valence-electron chi connectivity index (χ4n) is 4.09. The van der Waals surface area contributed by atoms with Crippen molar-refractivity contribution in [2.45, 2.75) is 52.1 Å². The highest BCUT2D eigenvalue weighted by atomic mass is 19.3. The van der Waals surface area contributed by atoms with Crippen LogP contribution in [0.15, 0.2) is 0 Å². The number of likely N-dealkylation sites (tertiary alicyclic amines) is 1. The van der Waals surface area contributed by atoms with E-state index in [0.717, 1.165) is 0 Å². The molecule has 0 aromatic heterocycles. The molecular formula is C12H22F2N2. The lowest BCUT2D eigenvalue weighted by atomic mass is 9.48. The summed E-state index contributed by atoms with van der Waals surface area (Å²) in [5.41, 5.74) is 6.01. The molecule has 1 aliphatic heterocycles. The third kappa shape index (κ3) is 1.50. The van der Waals surface area contributed by atoms with E-state index in [0.29, 0.717) is 6.54 Å². The second kappa shape index (κ2) is 3.16. The number of nitrogens with two attached hydrogens (primary N) is 1. The van der Waals surface area contributed by atoms with Gasteiger partial charge >= 0.3 is 0 Å². The van der Waals surface area contributed by atoms with Gasteiger partial charge in [-0.05, 0) is 10.8 Å². The highest BCUT2D eigenvalue weighted by Crippen LogP contribution is 2.56. The quantitative estimate of drug-likeness (QED) is 0.750. The normalized spacial score (nSPS) is 40.7. The largest absolute Gasteiger partial charge is 0.327 e. The second-order valence-corrected chi connectivity index (χ2v) is 6.60. The van der Waals surface area contributed by atoms with Crippen molar-refractivity contribution in [2.75, 3.05) is 13.1 Å². The average Bonchev–Trinajstić information content (AvgIpc) is 2.43. The summed E-state index contributed by atoms with van der Waals surface area (Å²) in [7, 11) is 0. The monoisotopic (exact) mass is 232 g/mol. The first-order valence-corrected chi connectivity index (χ1v) is 5.96. The molecule has 2 fully saturated rings. The number of hydrogen-bond donors (Lipinski definition) is 1. The minimum absolute atomic E-state index is 0.00903. The van der Waals surface area contributed by atoms with Crippen molar-refractivity contribution in [3.8, 4) is 0 Å². The van der Waals surface area contributed by atoms with Crippen molar-refractivity contribution in [2.24, 2.45) is 16.6 Å². The minimum Gasteiger partial charge on any atom is -0.327 e. The number of alkyl halides is 2. The predicted molar refractivity (Wildman–Crippen MR) is 60.5 cm³/mol.